The van der Waals surface area contributed by atoms with Gasteiger partial charge in [0.1, 0.15) is 6.04 Å². The Kier molecular flexibility index (Phi) is 8.12. The van der Waals surface area contributed by atoms with Gasteiger partial charge in [-0.1, -0.05) is 0 Å². The molecule has 17 heavy (non-hydrogen) atoms. The van der Waals surface area contributed by atoms with Crippen LogP contribution in [0.1, 0.15) is 25.7 Å². The maximum atomic E-state index is 11.3. The van der Waals surface area contributed by atoms with Crippen LogP contribution in [-0.2, 0) is 19.1 Å². The first-order valence-electron chi connectivity index (χ1n) is 5.47. The van der Waals surface area contributed by atoms with Crippen molar-refractivity contribution in [3.8, 4) is 0 Å². The van der Waals surface area contributed by atoms with Crippen molar-refractivity contribution < 1.29 is 19.1 Å². The first kappa shape index (κ1) is 15.7. The van der Waals surface area contributed by atoms with E-state index in [0.29, 0.717) is 32.4 Å². The molecule has 0 saturated heterocycles. The zero-order valence-corrected chi connectivity index (χ0v) is 9.69. The van der Waals surface area contributed by atoms with E-state index >= 15 is 0 Å². The van der Waals surface area contributed by atoms with Crippen molar-refractivity contribution >= 4 is 17.7 Å². The van der Waals surface area contributed by atoms with Gasteiger partial charge in [0.2, 0.25) is 5.78 Å². The van der Waals surface area contributed by atoms with Crippen molar-refractivity contribution in [3.63, 3.8) is 0 Å². The van der Waals surface area contributed by atoms with Crippen molar-refractivity contribution in [1.82, 2.24) is 0 Å². The number of carbonyl (C=O) groups is 3. The van der Waals surface area contributed by atoms with Crippen LogP contribution in [0.3, 0.4) is 0 Å². The van der Waals surface area contributed by atoms with Crippen LogP contribution in [0.5, 0.6) is 0 Å². The van der Waals surface area contributed by atoms with Crippen LogP contribution in [0.25, 0.3) is 0 Å². The Morgan fingerprint density at radius 2 is 1.65 bits per heavy atom. The van der Waals surface area contributed by atoms with Crippen molar-refractivity contribution in [1.29, 1.82) is 0 Å². The minimum Gasteiger partial charge on any atom is -0.386 e. The van der Waals surface area contributed by atoms with Gasteiger partial charge in [-0.05, 0) is 32.4 Å². The van der Waals surface area contributed by atoms with Gasteiger partial charge in [0.05, 0.1) is 0 Å². The standard InChI is InChI=1S/C10H19N3O4/c11-5-1-3-7(13)9(15)17-10(16)8(14)4-2-6-12/h7H,1-6,11-13H2/t7-/m1/s1. The van der Waals surface area contributed by atoms with Gasteiger partial charge in [0, 0.05) is 6.42 Å². The average Bonchev–Trinajstić information content (AvgIpc) is 2.32. The molecule has 0 amide bonds. The first-order valence-corrected chi connectivity index (χ1v) is 5.47. The van der Waals surface area contributed by atoms with Gasteiger partial charge in [-0.15, -0.1) is 0 Å². The van der Waals surface area contributed by atoms with E-state index in [-0.39, 0.29) is 6.42 Å². The van der Waals surface area contributed by atoms with Crippen LogP contribution in [0, 0.1) is 0 Å². The Morgan fingerprint density at radius 1 is 1.06 bits per heavy atom. The minimum atomic E-state index is -1.17. The number of carbonyl (C=O) groups excluding carboxylic acids is 3. The smallest absolute Gasteiger partial charge is 0.382 e. The van der Waals surface area contributed by atoms with Crippen LogP contribution < -0.4 is 17.2 Å². The largest absolute Gasteiger partial charge is 0.386 e. The van der Waals surface area contributed by atoms with Crippen LogP contribution in [-0.4, -0.2) is 36.9 Å². The Labute approximate surface area is 99.6 Å². The van der Waals surface area contributed by atoms with Gasteiger partial charge < -0.3 is 21.9 Å². The molecule has 0 unspecified atom stereocenters. The predicted octanol–water partition coefficient (Wildman–Crippen LogP) is -1.57. The lowest BCUT2D eigenvalue weighted by atomic mass is 10.2. The molecule has 98 valence electrons. The molecule has 0 heterocycles. The maximum Gasteiger partial charge on any atom is 0.382 e. The summed E-state index contributed by atoms with van der Waals surface area (Å²) in [5.41, 5.74) is 15.9. The summed E-state index contributed by atoms with van der Waals surface area (Å²) < 4.78 is 4.33. The van der Waals surface area contributed by atoms with Crippen LogP contribution in [0.4, 0.5) is 0 Å². The van der Waals surface area contributed by atoms with E-state index in [1.165, 1.54) is 0 Å². The van der Waals surface area contributed by atoms with E-state index in [4.69, 9.17) is 17.2 Å². The van der Waals surface area contributed by atoms with Crippen LogP contribution in [0.15, 0.2) is 0 Å². The van der Waals surface area contributed by atoms with Gasteiger partial charge in [-0.3, -0.25) is 4.79 Å². The highest BCUT2D eigenvalue weighted by atomic mass is 16.6. The van der Waals surface area contributed by atoms with E-state index in [0.717, 1.165) is 0 Å². The molecule has 0 aromatic rings. The van der Waals surface area contributed by atoms with E-state index in [1.54, 1.807) is 0 Å². The lowest BCUT2D eigenvalue weighted by molar-refractivity contribution is -0.165. The SMILES string of the molecule is NCCCC(=O)C(=O)OC(=O)[C@H](N)CCCN. The van der Waals surface area contributed by atoms with Gasteiger partial charge in [-0.2, -0.15) is 0 Å². The third-order valence-electron chi connectivity index (χ3n) is 2.05. The monoisotopic (exact) mass is 245 g/mol. The normalized spacial score (nSPS) is 11.9. The van der Waals surface area contributed by atoms with E-state index in [9.17, 15) is 14.4 Å². The van der Waals surface area contributed by atoms with E-state index < -0.39 is 23.8 Å². The summed E-state index contributed by atoms with van der Waals surface area (Å²) in [5, 5.41) is 0. The number of hydrogen-bond acceptors (Lipinski definition) is 7. The van der Waals surface area contributed by atoms with Crippen molar-refractivity contribution in [2.45, 2.75) is 31.7 Å². The molecule has 0 rings (SSSR count). The highest BCUT2D eigenvalue weighted by Gasteiger charge is 2.22. The summed E-state index contributed by atoms with van der Waals surface area (Å²) >= 11 is 0. The summed E-state index contributed by atoms with van der Waals surface area (Å²) in [5.74, 6) is -2.84. The predicted molar refractivity (Wildman–Crippen MR) is 60.7 cm³/mol. The Bertz CT molecular complexity index is 281. The number of nitrogens with two attached hydrogens (primary N) is 3. The number of hydrogen-bond donors (Lipinski definition) is 3. The molecule has 0 fully saturated rings. The van der Waals surface area contributed by atoms with Crippen LogP contribution in [0.2, 0.25) is 0 Å². The van der Waals surface area contributed by atoms with Crippen molar-refractivity contribution in [2.24, 2.45) is 17.2 Å². The summed E-state index contributed by atoms with van der Waals surface area (Å²) in [6.07, 6.45) is 1.22. The minimum absolute atomic E-state index is 0.0271. The number of esters is 2. The molecule has 0 aliphatic carbocycles. The number of Topliss-reactive ketones (excluding diaryl/α,β-unsaturated/α-hetero) is 1. The summed E-state index contributed by atoms with van der Waals surface area (Å²) in [6.45, 7) is 0.688. The molecule has 0 aromatic heterocycles. The second kappa shape index (κ2) is 8.80. The zero-order valence-electron chi connectivity index (χ0n) is 9.69. The summed E-state index contributed by atoms with van der Waals surface area (Å²) in [4.78, 5) is 33.5. The van der Waals surface area contributed by atoms with Crippen molar-refractivity contribution in [2.75, 3.05) is 13.1 Å². The molecular formula is C10H19N3O4. The van der Waals surface area contributed by atoms with E-state index in [1.807, 2.05) is 0 Å². The van der Waals surface area contributed by atoms with Gasteiger partial charge in [-0.25, -0.2) is 9.59 Å². The molecule has 7 heteroatoms. The molecule has 6 N–H and O–H groups in total. The Hall–Kier alpha value is -1.31. The summed E-state index contributed by atoms with van der Waals surface area (Å²) in [6, 6.07) is -0.926. The molecule has 0 aliphatic heterocycles. The Morgan fingerprint density at radius 3 is 2.18 bits per heavy atom. The fourth-order valence-electron chi connectivity index (χ4n) is 1.04. The van der Waals surface area contributed by atoms with E-state index in [2.05, 4.69) is 4.74 Å². The lowest BCUT2D eigenvalue weighted by Gasteiger charge is -2.08. The molecule has 0 aromatic carbocycles. The molecule has 0 radical (unpaired) electrons. The summed E-state index contributed by atoms with van der Waals surface area (Å²) in [7, 11) is 0. The average molecular weight is 245 g/mol. The van der Waals surface area contributed by atoms with Gasteiger partial charge >= 0.3 is 11.9 Å². The van der Waals surface area contributed by atoms with Gasteiger partial charge in [0.25, 0.3) is 0 Å². The topological polar surface area (TPSA) is 138 Å². The number of rotatable bonds is 8. The van der Waals surface area contributed by atoms with Gasteiger partial charge in [0.15, 0.2) is 0 Å². The third kappa shape index (κ3) is 6.77. The highest BCUT2D eigenvalue weighted by Crippen LogP contribution is 1.98. The highest BCUT2D eigenvalue weighted by molar-refractivity contribution is 6.35. The number of ether oxygens (including phenoxy) is 1. The second-order valence-electron chi connectivity index (χ2n) is 3.56. The van der Waals surface area contributed by atoms with Crippen molar-refractivity contribution in [3.05, 3.63) is 0 Å². The third-order valence-corrected chi connectivity index (χ3v) is 2.05. The fourth-order valence-corrected chi connectivity index (χ4v) is 1.04. The molecule has 0 saturated carbocycles. The maximum absolute atomic E-state index is 11.3. The molecule has 1 atom stereocenters. The fraction of sp³-hybridized carbons (Fsp3) is 0.700. The molecule has 0 bridgehead atoms. The first-order chi connectivity index (χ1) is 8.02. The molecular weight excluding hydrogens is 226 g/mol. The quantitative estimate of drug-likeness (QED) is 0.267. The molecule has 0 aliphatic rings. The van der Waals surface area contributed by atoms with Crippen LogP contribution >= 0.6 is 0 Å². The molecule has 7 nitrogen and oxygen atoms in total. The Balaban J connectivity index is 4.01. The second-order valence-corrected chi connectivity index (χ2v) is 3.56. The lowest BCUT2D eigenvalue weighted by Crippen LogP contribution is -2.35. The zero-order chi connectivity index (χ0) is 13.3. The molecule has 0 spiro atoms. The number of ketones is 1.